The van der Waals surface area contributed by atoms with Gasteiger partial charge in [0, 0.05) is 49.6 Å². The Morgan fingerprint density at radius 2 is 0.833 bits per heavy atom. The number of rotatable bonds is 6. The van der Waals surface area contributed by atoms with Gasteiger partial charge in [0.15, 0.2) is 17.5 Å². The van der Waals surface area contributed by atoms with Crippen molar-refractivity contribution >= 4 is 54.4 Å². The van der Waals surface area contributed by atoms with Crippen LogP contribution < -0.4 is 0 Å². The molecule has 0 unspecified atom stereocenters. The zero-order valence-electron chi connectivity index (χ0n) is 32.4. The summed E-state index contributed by atoms with van der Waals surface area (Å²) in [5.41, 5.74) is 12.1. The third-order valence-electron chi connectivity index (χ3n) is 11.7. The van der Waals surface area contributed by atoms with Gasteiger partial charge in [0.05, 0.1) is 22.1 Å². The highest BCUT2D eigenvalue weighted by Gasteiger charge is 2.21. The normalized spacial score (nSPS) is 11.7. The van der Waals surface area contributed by atoms with Gasteiger partial charge >= 0.3 is 0 Å². The van der Waals surface area contributed by atoms with Gasteiger partial charge < -0.3 is 9.13 Å². The second-order valence-electron chi connectivity index (χ2n) is 15.3. The van der Waals surface area contributed by atoms with E-state index in [0.29, 0.717) is 17.5 Å². The van der Waals surface area contributed by atoms with Gasteiger partial charge in [-0.2, -0.15) is 0 Å². The largest absolute Gasteiger partial charge is 0.309 e. The predicted octanol–water partition coefficient (Wildman–Crippen LogP) is 13.9. The topological polar surface area (TPSA) is 48.5 Å². The standard InChI is InChI=1S/C55H35N5/c1-4-15-36(16-5-1)38-19-14-20-41(33-38)54-56-53(37-17-6-2-7-18-37)57-55(58-54)42-28-27-40-35-44(30-29-39(40)34-42)60-48-25-12-10-23-45(48)46-31-32-50-51(52(46)60)47-24-11-13-26-49(47)59(50)43-21-8-3-9-22-43/h1-35H. The molecule has 0 atom stereocenters. The fourth-order valence-corrected chi connectivity index (χ4v) is 8.96. The first-order valence-electron chi connectivity index (χ1n) is 20.3. The van der Waals surface area contributed by atoms with Crippen LogP contribution in [0, 0.1) is 0 Å². The fourth-order valence-electron chi connectivity index (χ4n) is 8.96. The average Bonchev–Trinajstić information content (AvgIpc) is 3.85. The molecular formula is C55H35N5. The molecule has 0 N–H and O–H groups in total. The summed E-state index contributed by atoms with van der Waals surface area (Å²) in [5, 5.41) is 7.18. The van der Waals surface area contributed by atoms with Crippen LogP contribution in [0.15, 0.2) is 212 Å². The van der Waals surface area contributed by atoms with Crippen molar-refractivity contribution in [3.63, 3.8) is 0 Å². The highest BCUT2D eigenvalue weighted by molar-refractivity contribution is 6.26. The van der Waals surface area contributed by atoms with Gasteiger partial charge in [0.2, 0.25) is 0 Å². The predicted molar refractivity (Wildman–Crippen MR) is 248 cm³/mol. The molecule has 12 aromatic rings. The van der Waals surface area contributed by atoms with Crippen molar-refractivity contribution in [3.8, 4) is 56.7 Å². The van der Waals surface area contributed by atoms with Crippen molar-refractivity contribution in [3.05, 3.63) is 212 Å². The molecule has 0 aliphatic rings. The first kappa shape index (κ1) is 33.9. The molecule has 5 nitrogen and oxygen atoms in total. The minimum absolute atomic E-state index is 0.634. The van der Waals surface area contributed by atoms with Crippen LogP contribution in [0.5, 0.6) is 0 Å². The van der Waals surface area contributed by atoms with Crippen molar-refractivity contribution in [1.82, 2.24) is 24.1 Å². The van der Waals surface area contributed by atoms with Crippen molar-refractivity contribution in [2.24, 2.45) is 0 Å². The Morgan fingerprint density at radius 3 is 1.58 bits per heavy atom. The van der Waals surface area contributed by atoms with Crippen molar-refractivity contribution < 1.29 is 0 Å². The molecule has 3 aromatic heterocycles. The third-order valence-corrected chi connectivity index (χ3v) is 11.7. The molecule has 5 heteroatoms. The number of para-hydroxylation sites is 3. The molecule has 0 saturated heterocycles. The van der Waals surface area contributed by atoms with E-state index in [1.165, 1.54) is 43.6 Å². The number of hydrogen-bond donors (Lipinski definition) is 0. The van der Waals surface area contributed by atoms with Crippen LogP contribution in [0.2, 0.25) is 0 Å². The molecule has 60 heavy (non-hydrogen) atoms. The fraction of sp³-hybridized carbons (Fsp3) is 0. The second kappa shape index (κ2) is 13.8. The Bertz CT molecular complexity index is 3590. The number of hydrogen-bond acceptors (Lipinski definition) is 3. The smallest absolute Gasteiger partial charge is 0.164 e. The van der Waals surface area contributed by atoms with Gasteiger partial charge in [-0.25, -0.2) is 15.0 Å². The van der Waals surface area contributed by atoms with Crippen LogP contribution in [0.1, 0.15) is 0 Å². The number of nitrogens with zero attached hydrogens (tertiary/aromatic N) is 5. The van der Waals surface area contributed by atoms with Gasteiger partial charge in [-0.05, 0) is 76.5 Å². The van der Waals surface area contributed by atoms with Gasteiger partial charge in [0.1, 0.15) is 0 Å². The maximum absolute atomic E-state index is 5.12. The summed E-state index contributed by atoms with van der Waals surface area (Å²) in [4.78, 5) is 15.2. The first-order valence-corrected chi connectivity index (χ1v) is 20.3. The number of aromatic nitrogens is 5. The average molecular weight is 766 g/mol. The van der Waals surface area contributed by atoms with E-state index < -0.39 is 0 Å². The summed E-state index contributed by atoms with van der Waals surface area (Å²) in [7, 11) is 0. The zero-order valence-corrected chi connectivity index (χ0v) is 32.4. The highest BCUT2D eigenvalue weighted by atomic mass is 15.0. The highest BCUT2D eigenvalue weighted by Crippen LogP contribution is 2.42. The lowest BCUT2D eigenvalue weighted by Crippen LogP contribution is -2.00. The van der Waals surface area contributed by atoms with E-state index in [1.54, 1.807) is 0 Å². The van der Waals surface area contributed by atoms with E-state index in [9.17, 15) is 0 Å². The first-order chi connectivity index (χ1) is 29.7. The lowest BCUT2D eigenvalue weighted by Gasteiger charge is -2.12. The van der Waals surface area contributed by atoms with Crippen molar-refractivity contribution in [1.29, 1.82) is 0 Å². The Labute approximate surface area is 346 Å². The molecule has 12 rings (SSSR count). The van der Waals surface area contributed by atoms with E-state index in [-0.39, 0.29) is 0 Å². The summed E-state index contributed by atoms with van der Waals surface area (Å²) in [6.45, 7) is 0. The van der Waals surface area contributed by atoms with Gasteiger partial charge in [-0.1, -0.05) is 158 Å². The van der Waals surface area contributed by atoms with E-state index in [2.05, 4.69) is 185 Å². The summed E-state index contributed by atoms with van der Waals surface area (Å²) in [5.74, 6) is 1.91. The Balaban J connectivity index is 1.02. The van der Waals surface area contributed by atoms with Gasteiger partial charge in [0.25, 0.3) is 0 Å². The molecule has 0 radical (unpaired) electrons. The van der Waals surface area contributed by atoms with E-state index >= 15 is 0 Å². The molecule has 0 aliphatic heterocycles. The maximum Gasteiger partial charge on any atom is 0.164 e. The van der Waals surface area contributed by atoms with Gasteiger partial charge in [-0.3, -0.25) is 0 Å². The summed E-state index contributed by atoms with van der Waals surface area (Å²) in [6.07, 6.45) is 0. The minimum atomic E-state index is 0.634. The minimum Gasteiger partial charge on any atom is -0.309 e. The lowest BCUT2D eigenvalue weighted by atomic mass is 10.0. The summed E-state index contributed by atoms with van der Waals surface area (Å²) < 4.78 is 4.85. The number of benzene rings is 9. The van der Waals surface area contributed by atoms with E-state index in [4.69, 9.17) is 15.0 Å². The van der Waals surface area contributed by atoms with Crippen LogP contribution >= 0.6 is 0 Å². The molecule has 0 spiro atoms. The summed E-state index contributed by atoms with van der Waals surface area (Å²) in [6, 6.07) is 75.1. The van der Waals surface area contributed by atoms with Crippen LogP contribution in [-0.4, -0.2) is 24.1 Å². The van der Waals surface area contributed by atoms with E-state index in [1.807, 2.05) is 36.4 Å². The maximum atomic E-state index is 5.12. The van der Waals surface area contributed by atoms with Crippen molar-refractivity contribution in [2.45, 2.75) is 0 Å². The molecule has 3 heterocycles. The number of fused-ring (bicyclic) bond motifs is 8. The molecular weight excluding hydrogens is 731 g/mol. The molecule has 0 amide bonds. The quantitative estimate of drug-likeness (QED) is 0.169. The Kier molecular flexibility index (Phi) is 7.78. The van der Waals surface area contributed by atoms with Crippen LogP contribution in [0.3, 0.4) is 0 Å². The molecule has 9 aromatic carbocycles. The third kappa shape index (κ3) is 5.52. The van der Waals surface area contributed by atoms with Crippen molar-refractivity contribution in [2.75, 3.05) is 0 Å². The van der Waals surface area contributed by atoms with Crippen LogP contribution in [-0.2, 0) is 0 Å². The molecule has 0 bridgehead atoms. The second-order valence-corrected chi connectivity index (χ2v) is 15.3. The molecule has 280 valence electrons. The lowest BCUT2D eigenvalue weighted by molar-refractivity contribution is 1.07. The van der Waals surface area contributed by atoms with Gasteiger partial charge in [-0.15, -0.1) is 0 Å². The zero-order chi connectivity index (χ0) is 39.6. The SMILES string of the molecule is c1ccc(-c2cccc(-c3nc(-c4ccccc4)nc(-c4ccc5cc(-n6c7ccccc7c7ccc8c(c9ccccc9n8-c8ccccc8)c76)ccc5c4)n3)c2)cc1. The van der Waals surface area contributed by atoms with Crippen LogP contribution in [0.25, 0.3) is 111 Å². The monoisotopic (exact) mass is 765 g/mol. The summed E-state index contributed by atoms with van der Waals surface area (Å²) >= 11 is 0. The molecule has 0 saturated carbocycles. The van der Waals surface area contributed by atoms with Crippen LogP contribution in [0.4, 0.5) is 0 Å². The Morgan fingerprint density at radius 1 is 0.283 bits per heavy atom. The molecule has 0 aliphatic carbocycles. The van der Waals surface area contributed by atoms with E-state index in [0.717, 1.165) is 50.0 Å². The Hall–Kier alpha value is -8.15. The molecule has 0 fully saturated rings.